The summed E-state index contributed by atoms with van der Waals surface area (Å²) >= 11 is 0. The lowest BCUT2D eigenvalue weighted by molar-refractivity contribution is -0.116. The molecule has 2 rings (SSSR count). The Labute approximate surface area is 98.8 Å². The summed E-state index contributed by atoms with van der Waals surface area (Å²) in [5.41, 5.74) is 0.791. The fourth-order valence-corrected chi connectivity index (χ4v) is 1.41. The lowest BCUT2D eigenvalue weighted by Crippen LogP contribution is -2.12. The van der Waals surface area contributed by atoms with Gasteiger partial charge in [0.05, 0.1) is 0 Å². The van der Waals surface area contributed by atoms with Crippen LogP contribution in [0.4, 0.5) is 5.69 Å². The second-order valence-electron chi connectivity index (χ2n) is 3.65. The number of carbonyl (C=O) groups is 1. The highest BCUT2D eigenvalue weighted by atomic mass is 16.5. The molecule has 0 unspecified atom stereocenters. The number of hydrogen-bond acceptors (Lipinski definition) is 4. The summed E-state index contributed by atoms with van der Waals surface area (Å²) in [6, 6.07) is 9.33. The molecular formula is C12H13N3O2. The number of aromatic nitrogens is 2. The van der Waals surface area contributed by atoms with Crippen molar-refractivity contribution in [2.75, 3.05) is 5.32 Å². The maximum absolute atomic E-state index is 11.6. The molecule has 1 N–H and O–H groups in total. The molecule has 1 aromatic carbocycles. The van der Waals surface area contributed by atoms with E-state index in [0.717, 1.165) is 5.69 Å². The Hall–Kier alpha value is -2.17. The number of benzene rings is 1. The highest BCUT2D eigenvalue weighted by molar-refractivity contribution is 5.90. The van der Waals surface area contributed by atoms with Crippen LogP contribution in [0.15, 0.2) is 34.9 Å². The maximum Gasteiger partial charge on any atom is 0.227 e. The minimum absolute atomic E-state index is 0.0629. The lowest BCUT2D eigenvalue weighted by atomic mass is 10.2. The van der Waals surface area contributed by atoms with Crippen LogP contribution in [-0.2, 0) is 11.2 Å². The van der Waals surface area contributed by atoms with Gasteiger partial charge in [0.1, 0.15) is 0 Å². The Morgan fingerprint density at radius 1 is 1.35 bits per heavy atom. The lowest BCUT2D eigenvalue weighted by Gasteiger charge is -2.02. The molecule has 0 radical (unpaired) electrons. The fourth-order valence-electron chi connectivity index (χ4n) is 1.41. The molecule has 5 heteroatoms. The van der Waals surface area contributed by atoms with Crippen molar-refractivity contribution in [1.82, 2.24) is 10.1 Å². The topological polar surface area (TPSA) is 68.0 Å². The predicted octanol–water partition coefficient (Wildman–Crippen LogP) is 1.95. The molecule has 5 nitrogen and oxygen atoms in total. The molecule has 0 bridgehead atoms. The molecule has 0 saturated heterocycles. The second-order valence-corrected chi connectivity index (χ2v) is 3.65. The van der Waals surface area contributed by atoms with Gasteiger partial charge in [0.2, 0.25) is 11.8 Å². The van der Waals surface area contributed by atoms with Crippen LogP contribution in [0.5, 0.6) is 0 Å². The molecule has 2 aromatic rings. The average Bonchev–Trinajstić information content (AvgIpc) is 2.74. The number of carbonyl (C=O) groups excluding carboxylic acids is 1. The number of aryl methyl sites for hydroxylation is 2. The summed E-state index contributed by atoms with van der Waals surface area (Å²) in [6.45, 7) is 1.75. The Morgan fingerprint density at radius 3 is 2.76 bits per heavy atom. The zero-order valence-electron chi connectivity index (χ0n) is 9.51. The summed E-state index contributed by atoms with van der Waals surface area (Å²) in [6.07, 6.45) is 0.788. The van der Waals surface area contributed by atoms with Crippen LogP contribution >= 0.6 is 0 Å². The minimum Gasteiger partial charge on any atom is -0.339 e. The van der Waals surface area contributed by atoms with Gasteiger partial charge in [0.15, 0.2) is 5.82 Å². The predicted molar refractivity (Wildman–Crippen MR) is 62.4 cm³/mol. The van der Waals surface area contributed by atoms with Crippen molar-refractivity contribution >= 4 is 11.6 Å². The van der Waals surface area contributed by atoms with Crippen LogP contribution in [0.1, 0.15) is 18.1 Å². The first-order chi connectivity index (χ1) is 8.24. The zero-order valence-corrected chi connectivity index (χ0v) is 9.51. The van der Waals surface area contributed by atoms with E-state index in [-0.39, 0.29) is 5.91 Å². The van der Waals surface area contributed by atoms with Gasteiger partial charge in [-0.3, -0.25) is 4.79 Å². The van der Waals surface area contributed by atoms with Crippen LogP contribution in [0.3, 0.4) is 0 Å². The molecule has 0 spiro atoms. The minimum atomic E-state index is -0.0629. The number of hydrogen-bond donors (Lipinski definition) is 1. The first-order valence-electron chi connectivity index (χ1n) is 5.38. The quantitative estimate of drug-likeness (QED) is 0.873. The van der Waals surface area contributed by atoms with E-state index in [0.29, 0.717) is 24.6 Å². The highest BCUT2D eigenvalue weighted by Crippen LogP contribution is 2.07. The van der Waals surface area contributed by atoms with Gasteiger partial charge in [0.25, 0.3) is 0 Å². The summed E-state index contributed by atoms with van der Waals surface area (Å²) in [5.74, 6) is 1.02. The van der Waals surface area contributed by atoms with E-state index in [1.807, 2.05) is 30.3 Å². The van der Waals surface area contributed by atoms with Gasteiger partial charge in [-0.2, -0.15) is 4.98 Å². The van der Waals surface area contributed by atoms with Crippen LogP contribution in [0.25, 0.3) is 0 Å². The molecule has 0 aliphatic carbocycles. The summed E-state index contributed by atoms with van der Waals surface area (Å²) in [7, 11) is 0. The third-order valence-electron chi connectivity index (χ3n) is 2.19. The van der Waals surface area contributed by atoms with Crippen LogP contribution in [-0.4, -0.2) is 16.0 Å². The van der Waals surface area contributed by atoms with Crippen molar-refractivity contribution in [2.24, 2.45) is 0 Å². The van der Waals surface area contributed by atoms with Crippen molar-refractivity contribution in [3.05, 3.63) is 42.0 Å². The molecule has 0 aliphatic heterocycles. The number of anilines is 1. The molecule has 17 heavy (non-hydrogen) atoms. The number of rotatable bonds is 4. The summed E-state index contributed by atoms with van der Waals surface area (Å²) in [5, 5.41) is 6.45. The summed E-state index contributed by atoms with van der Waals surface area (Å²) in [4.78, 5) is 15.6. The second kappa shape index (κ2) is 5.25. The van der Waals surface area contributed by atoms with E-state index in [1.165, 1.54) is 0 Å². The molecule has 0 atom stereocenters. The van der Waals surface area contributed by atoms with E-state index in [4.69, 9.17) is 4.52 Å². The smallest absolute Gasteiger partial charge is 0.227 e. The van der Waals surface area contributed by atoms with Gasteiger partial charge in [-0.1, -0.05) is 23.4 Å². The van der Waals surface area contributed by atoms with E-state index in [1.54, 1.807) is 6.92 Å². The number of nitrogens with one attached hydrogen (secondary N) is 1. The largest absolute Gasteiger partial charge is 0.339 e. The molecular weight excluding hydrogens is 218 g/mol. The fraction of sp³-hybridized carbons (Fsp3) is 0.250. The monoisotopic (exact) mass is 231 g/mol. The molecule has 1 aromatic heterocycles. The van der Waals surface area contributed by atoms with Gasteiger partial charge in [0, 0.05) is 18.5 Å². The maximum atomic E-state index is 11.6. The van der Waals surface area contributed by atoms with E-state index >= 15 is 0 Å². The van der Waals surface area contributed by atoms with Gasteiger partial charge >= 0.3 is 0 Å². The van der Waals surface area contributed by atoms with E-state index in [2.05, 4.69) is 15.5 Å². The number of nitrogens with zero attached hydrogens (tertiary/aromatic N) is 2. The van der Waals surface area contributed by atoms with Gasteiger partial charge < -0.3 is 9.84 Å². The third-order valence-corrected chi connectivity index (χ3v) is 2.19. The molecule has 0 fully saturated rings. The Balaban J connectivity index is 1.82. The van der Waals surface area contributed by atoms with Crippen molar-refractivity contribution in [2.45, 2.75) is 19.8 Å². The SMILES string of the molecule is Cc1noc(CCC(=O)Nc2ccccc2)n1. The molecule has 1 amide bonds. The summed E-state index contributed by atoms with van der Waals surface area (Å²) < 4.78 is 4.92. The van der Waals surface area contributed by atoms with Crippen LogP contribution in [0, 0.1) is 6.92 Å². The molecule has 1 heterocycles. The third kappa shape index (κ3) is 3.41. The first kappa shape index (κ1) is 11.3. The average molecular weight is 231 g/mol. The normalized spacial score (nSPS) is 10.2. The van der Waals surface area contributed by atoms with Crippen molar-refractivity contribution in [3.8, 4) is 0 Å². The number of amides is 1. The Kier molecular flexibility index (Phi) is 3.49. The highest BCUT2D eigenvalue weighted by Gasteiger charge is 2.07. The van der Waals surface area contributed by atoms with Crippen molar-refractivity contribution in [1.29, 1.82) is 0 Å². The van der Waals surface area contributed by atoms with E-state index < -0.39 is 0 Å². The van der Waals surface area contributed by atoms with Gasteiger partial charge in [-0.25, -0.2) is 0 Å². The van der Waals surface area contributed by atoms with Gasteiger partial charge in [-0.05, 0) is 19.1 Å². The van der Waals surface area contributed by atoms with Gasteiger partial charge in [-0.15, -0.1) is 0 Å². The van der Waals surface area contributed by atoms with Crippen LogP contribution in [0.2, 0.25) is 0 Å². The number of para-hydroxylation sites is 1. The zero-order chi connectivity index (χ0) is 12.1. The van der Waals surface area contributed by atoms with Crippen molar-refractivity contribution < 1.29 is 9.32 Å². The Morgan fingerprint density at radius 2 is 2.12 bits per heavy atom. The molecule has 0 saturated carbocycles. The van der Waals surface area contributed by atoms with Crippen LogP contribution < -0.4 is 5.32 Å². The molecule has 0 aliphatic rings. The molecule has 88 valence electrons. The standard InChI is InChI=1S/C12H13N3O2/c1-9-13-12(17-15-9)8-7-11(16)14-10-5-3-2-4-6-10/h2-6H,7-8H2,1H3,(H,14,16). The van der Waals surface area contributed by atoms with E-state index in [9.17, 15) is 4.79 Å². The first-order valence-corrected chi connectivity index (χ1v) is 5.38. The van der Waals surface area contributed by atoms with Crippen molar-refractivity contribution in [3.63, 3.8) is 0 Å². The Bertz CT molecular complexity index is 493.